The first kappa shape index (κ1) is 33.9. The summed E-state index contributed by atoms with van der Waals surface area (Å²) in [6.45, 7) is 3.13. The number of hydrogen-bond acceptors (Lipinski definition) is 16. The maximum absolute atomic E-state index is 10.7. The van der Waals surface area contributed by atoms with Crippen LogP contribution in [-0.4, -0.2) is 173 Å². The Kier molecular flexibility index (Phi) is 12.9. The van der Waals surface area contributed by atoms with Gasteiger partial charge in [-0.2, -0.15) is 0 Å². The number of rotatable bonds is 12. The van der Waals surface area contributed by atoms with Crippen LogP contribution in [0.25, 0.3) is 0 Å². The Bertz CT molecular complexity index is 751. The first-order chi connectivity index (χ1) is 18.9. The van der Waals surface area contributed by atoms with E-state index < -0.39 is 98.5 Å². The Hall–Kier alpha value is -0.640. The predicted octanol–water partition coefficient (Wildman–Crippen LogP) is -5.23. The third kappa shape index (κ3) is 7.65. The quantitative estimate of drug-likeness (QED) is 0.103. The van der Waals surface area contributed by atoms with Gasteiger partial charge in [-0.25, -0.2) is 0 Å². The van der Waals surface area contributed by atoms with Gasteiger partial charge in [0.25, 0.3) is 0 Å². The van der Waals surface area contributed by atoms with Gasteiger partial charge >= 0.3 is 0 Å². The van der Waals surface area contributed by atoms with E-state index in [1.807, 2.05) is 13.8 Å². The van der Waals surface area contributed by atoms with E-state index in [1.165, 1.54) is 7.11 Å². The molecular formula is C24H45NO15. The molecule has 15 unspecified atom stereocenters. The van der Waals surface area contributed by atoms with E-state index in [4.69, 9.17) is 38.9 Å². The summed E-state index contributed by atoms with van der Waals surface area (Å²) < 4.78 is 38.7. The number of methoxy groups -OCH3 is 1. The molecule has 40 heavy (non-hydrogen) atoms. The second kappa shape index (κ2) is 15.2. The predicted molar refractivity (Wildman–Crippen MR) is 131 cm³/mol. The summed E-state index contributed by atoms with van der Waals surface area (Å²) in [6, 6.07) is 0. The Morgan fingerprint density at radius 3 is 1.50 bits per heavy atom. The number of aliphatic hydroxyl groups excluding tert-OH is 8. The highest BCUT2D eigenvalue weighted by atomic mass is 16.7. The SMILES string of the molecule is COCC1OC(OCC2OC(OCC3OC(C(C)C)C(OCCN)C(O)C3O)C(O)C(O)C2O)C(O)C(O)C1O. The maximum atomic E-state index is 10.7. The van der Waals surface area contributed by atoms with Crippen LogP contribution in [0.2, 0.25) is 0 Å². The van der Waals surface area contributed by atoms with Crippen molar-refractivity contribution in [2.24, 2.45) is 11.7 Å². The highest BCUT2D eigenvalue weighted by Gasteiger charge is 2.49. The fraction of sp³-hybridized carbons (Fsp3) is 1.00. The van der Waals surface area contributed by atoms with Crippen LogP contribution in [0.15, 0.2) is 0 Å². The van der Waals surface area contributed by atoms with E-state index in [9.17, 15) is 40.9 Å². The third-order valence-corrected chi connectivity index (χ3v) is 7.33. The number of hydrogen-bond donors (Lipinski definition) is 9. The Morgan fingerprint density at radius 2 is 1.05 bits per heavy atom. The zero-order valence-corrected chi connectivity index (χ0v) is 22.8. The van der Waals surface area contributed by atoms with Gasteiger partial charge in [0.2, 0.25) is 0 Å². The van der Waals surface area contributed by atoms with Crippen LogP contribution in [0.3, 0.4) is 0 Å². The number of nitrogens with two attached hydrogens (primary N) is 1. The Balaban J connectivity index is 1.61. The fourth-order valence-corrected chi connectivity index (χ4v) is 4.97. The summed E-state index contributed by atoms with van der Waals surface area (Å²) in [6.07, 6.45) is -20.2. The fourth-order valence-electron chi connectivity index (χ4n) is 4.97. The van der Waals surface area contributed by atoms with Gasteiger partial charge in [0, 0.05) is 13.7 Å². The molecular weight excluding hydrogens is 542 g/mol. The third-order valence-electron chi connectivity index (χ3n) is 7.33. The summed E-state index contributed by atoms with van der Waals surface area (Å²) in [7, 11) is 1.36. The second-order valence-corrected chi connectivity index (χ2v) is 10.6. The van der Waals surface area contributed by atoms with Crippen LogP contribution in [0.4, 0.5) is 0 Å². The van der Waals surface area contributed by atoms with Crippen molar-refractivity contribution in [3.8, 4) is 0 Å². The molecule has 0 aromatic rings. The Labute approximate surface area is 232 Å². The monoisotopic (exact) mass is 587 g/mol. The summed E-state index contributed by atoms with van der Waals surface area (Å²) >= 11 is 0. The summed E-state index contributed by atoms with van der Waals surface area (Å²) in [5, 5.41) is 83.0. The molecule has 0 spiro atoms. The lowest BCUT2D eigenvalue weighted by Crippen LogP contribution is -2.63. The van der Waals surface area contributed by atoms with E-state index >= 15 is 0 Å². The molecule has 10 N–H and O–H groups in total. The molecule has 3 saturated heterocycles. The molecule has 0 saturated carbocycles. The van der Waals surface area contributed by atoms with Gasteiger partial charge in [-0.15, -0.1) is 0 Å². The van der Waals surface area contributed by atoms with Crippen LogP contribution >= 0.6 is 0 Å². The van der Waals surface area contributed by atoms with Crippen LogP contribution in [0, 0.1) is 5.92 Å². The van der Waals surface area contributed by atoms with Crippen molar-refractivity contribution in [3.05, 3.63) is 0 Å². The summed E-state index contributed by atoms with van der Waals surface area (Å²) in [5.74, 6) is -0.108. The molecule has 0 aromatic carbocycles. The van der Waals surface area contributed by atoms with Crippen molar-refractivity contribution in [3.63, 3.8) is 0 Å². The molecule has 0 radical (unpaired) electrons. The van der Waals surface area contributed by atoms with Gasteiger partial charge < -0.3 is 79.7 Å². The summed E-state index contributed by atoms with van der Waals surface area (Å²) in [4.78, 5) is 0. The van der Waals surface area contributed by atoms with Gasteiger partial charge in [0.1, 0.15) is 73.2 Å². The van der Waals surface area contributed by atoms with Crippen molar-refractivity contribution in [2.75, 3.05) is 40.1 Å². The summed E-state index contributed by atoms with van der Waals surface area (Å²) in [5.41, 5.74) is 5.49. The van der Waals surface area contributed by atoms with E-state index in [1.54, 1.807) is 0 Å². The number of aliphatic hydroxyl groups is 8. The van der Waals surface area contributed by atoms with E-state index in [0.717, 1.165) is 0 Å². The molecule has 0 bridgehead atoms. The Morgan fingerprint density at radius 1 is 0.600 bits per heavy atom. The largest absolute Gasteiger partial charge is 0.388 e. The highest BCUT2D eigenvalue weighted by molar-refractivity contribution is 4.95. The highest BCUT2D eigenvalue weighted by Crippen LogP contribution is 2.30. The smallest absolute Gasteiger partial charge is 0.186 e. The van der Waals surface area contributed by atoms with Gasteiger partial charge in [0.05, 0.1) is 32.5 Å². The molecule has 16 nitrogen and oxygen atoms in total. The number of ether oxygens (including phenoxy) is 7. The minimum atomic E-state index is -1.72. The first-order valence-electron chi connectivity index (χ1n) is 13.4. The topological polar surface area (TPSA) is 252 Å². The molecule has 16 heteroatoms. The molecule has 236 valence electrons. The van der Waals surface area contributed by atoms with Crippen molar-refractivity contribution in [2.45, 2.75) is 106 Å². The van der Waals surface area contributed by atoms with Crippen molar-refractivity contribution < 1.29 is 74.0 Å². The van der Waals surface area contributed by atoms with Gasteiger partial charge in [0.15, 0.2) is 12.6 Å². The second-order valence-electron chi connectivity index (χ2n) is 10.6. The zero-order chi connectivity index (χ0) is 29.7. The lowest BCUT2D eigenvalue weighted by molar-refractivity contribution is -0.337. The van der Waals surface area contributed by atoms with Crippen LogP contribution in [0.5, 0.6) is 0 Å². The zero-order valence-electron chi connectivity index (χ0n) is 22.8. The van der Waals surface area contributed by atoms with Crippen molar-refractivity contribution >= 4 is 0 Å². The molecule has 3 aliphatic rings. The van der Waals surface area contributed by atoms with Crippen LogP contribution in [-0.2, 0) is 33.2 Å². The normalized spacial score (nSPS) is 46.6. The standard InChI is InChI=1S/C24H45NO15/c1-9(2)21-22(35-5-4-25)18(31)15(28)11(38-21)7-36-24-20(33)17(30)14(27)12(40-24)8-37-23-19(32)16(29)13(26)10(39-23)6-34-3/h9-24,26-33H,4-8,25H2,1-3H3. The van der Waals surface area contributed by atoms with Gasteiger partial charge in [-0.1, -0.05) is 13.8 Å². The minimum Gasteiger partial charge on any atom is -0.388 e. The molecule has 3 heterocycles. The van der Waals surface area contributed by atoms with Gasteiger partial charge in [-0.3, -0.25) is 0 Å². The van der Waals surface area contributed by atoms with E-state index in [-0.39, 0.29) is 32.3 Å². The molecule has 3 aliphatic heterocycles. The molecule has 3 rings (SSSR count). The molecule has 0 aliphatic carbocycles. The lowest BCUT2D eigenvalue weighted by atomic mass is 9.89. The molecule has 3 fully saturated rings. The molecule has 15 atom stereocenters. The maximum Gasteiger partial charge on any atom is 0.186 e. The lowest BCUT2D eigenvalue weighted by Gasteiger charge is -2.45. The van der Waals surface area contributed by atoms with Gasteiger partial charge in [-0.05, 0) is 5.92 Å². The molecule has 0 amide bonds. The van der Waals surface area contributed by atoms with Crippen LogP contribution < -0.4 is 5.73 Å². The average molecular weight is 588 g/mol. The van der Waals surface area contributed by atoms with Crippen LogP contribution in [0.1, 0.15) is 13.8 Å². The van der Waals surface area contributed by atoms with Crippen molar-refractivity contribution in [1.29, 1.82) is 0 Å². The molecule has 0 aromatic heterocycles. The first-order valence-corrected chi connectivity index (χ1v) is 13.4. The van der Waals surface area contributed by atoms with E-state index in [0.29, 0.717) is 0 Å². The van der Waals surface area contributed by atoms with E-state index in [2.05, 4.69) is 0 Å². The van der Waals surface area contributed by atoms with Crippen molar-refractivity contribution in [1.82, 2.24) is 0 Å². The average Bonchev–Trinajstić information content (AvgIpc) is 2.93. The minimum absolute atomic E-state index is 0.102.